The van der Waals surface area contributed by atoms with Gasteiger partial charge in [0, 0.05) is 12.5 Å². The summed E-state index contributed by atoms with van der Waals surface area (Å²) in [7, 11) is 0. The average molecular weight is 263 g/mol. The van der Waals surface area contributed by atoms with Crippen LogP contribution in [0.3, 0.4) is 0 Å². The summed E-state index contributed by atoms with van der Waals surface area (Å²) in [6.07, 6.45) is 5.35. The van der Waals surface area contributed by atoms with Gasteiger partial charge in [-0.2, -0.15) is 0 Å². The Kier molecular flexibility index (Phi) is 6.23. The predicted molar refractivity (Wildman–Crippen MR) is 69.1 cm³/mol. The molecule has 2 fully saturated rings. The van der Waals surface area contributed by atoms with Crippen molar-refractivity contribution >= 4 is 18.3 Å². The van der Waals surface area contributed by atoms with Crippen LogP contribution in [0.1, 0.15) is 32.1 Å². The predicted octanol–water partition coefficient (Wildman–Crippen LogP) is 1.08. The van der Waals surface area contributed by atoms with E-state index in [1.54, 1.807) is 0 Å². The number of nitrogens with two attached hydrogens (primary N) is 1. The SMILES string of the molecule is Cl.NC[C@H]1CCC[C@H]1C(=O)NC1CCCOC1. The average Bonchev–Trinajstić information content (AvgIpc) is 2.78. The molecule has 0 aromatic heterocycles. The Morgan fingerprint density at radius 1 is 1.29 bits per heavy atom. The first-order valence-corrected chi connectivity index (χ1v) is 6.39. The maximum atomic E-state index is 12.1. The van der Waals surface area contributed by atoms with Crippen molar-refractivity contribution in [3.63, 3.8) is 0 Å². The fraction of sp³-hybridized carbons (Fsp3) is 0.917. The number of ether oxygens (including phenoxy) is 1. The molecule has 0 aromatic carbocycles. The molecule has 0 bridgehead atoms. The number of hydrogen-bond donors (Lipinski definition) is 2. The standard InChI is InChI=1S/C12H22N2O2.ClH/c13-7-9-3-1-5-11(9)12(15)14-10-4-2-6-16-8-10;/h9-11H,1-8,13H2,(H,14,15);1H/t9-,10?,11-;/m1./s1. The van der Waals surface area contributed by atoms with Gasteiger partial charge >= 0.3 is 0 Å². The van der Waals surface area contributed by atoms with Crippen LogP contribution in [0.4, 0.5) is 0 Å². The van der Waals surface area contributed by atoms with Crippen LogP contribution in [0.2, 0.25) is 0 Å². The maximum absolute atomic E-state index is 12.1. The van der Waals surface area contributed by atoms with E-state index in [9.17, 15) is 4.79 Å². The highest BCUT2D eigenvalue weighted by atomic mass is 35.5. The molecule has 1 heterocycles. The molecular weight excluding hydrogens is 240 g/mol. The molecule has 100 valence electrons. The van der Waals surface area contributed by atoms with E-state index in [0.29, 0.717) is 19.1 Å². The first-order valence-electron chi connectivity index (χ1n) is 6.39. The number of amides is 1. The van der Waals surface area contributed by atoms with Gasteiger partial charge in [-0.1, -0.05) is 6.42 Å². The van der Waals surface area contributed by atoms with Gasteiger partial charge in [0.15, 0.2) is 0 Å². The first kappa shape index (κ1) is 14.7. The van der Waals surface area contributed by atoms with Crippen molar-refractivity contribution in [3.05, 3.63) is 0 Å². The van der Waals surface area contributed by atoms with Crippen LogP contribution in [-0.4, -0.2) is 31.7 Å². The van der Waals surface area contributed by atoms with E-state index < -0.39 is 0 Å². The molecule has 1 saturated heterocycles. The fourth-order valence-electron chi connectivity index (χ4n) is 2.83. The minimum atomic E-state index is 0. The molecular formula is C12H23ClN2O2. The lowest BCUT2D eigenvalue weighted by Gasteiger charge is -2.26. The number of halogens is 1. The van der Waals surface area contributed by atoms with E-state index >= 15 is 0 Å². The van der Waals surface area contributed by atoms with Crippen LogP contribution in [0.15, 0.2) is 0 Å². The Balaban J connectivity index is 0.00000144. The third kappa shape index (κ3) is 3.83. The van der Waals surface area contributed by atoms with E-state index in [2.05, 4.69) is 5.32 Å². The van der Waals surface area contributed by atoms with Crippen molar-refractivity contribution in [2.45, 2.75) is 38.1 Å². The van der Waals surface area contributed by atoms with Gasteiger partial charge in [-0.25, -0.2) is 0 Å². The Labute approximate surface area is 109 Å². The molecule has 4 nitrogen and oxygen atoms in total. The second-order valence-electron chi connectivity index (χ2n) is 4.96. The highest BCUT2D eigenvalue weighted by Gasteiger charge is 2.32. The van der Waals surface area contributed by atoms with Crippen LogP contribution in [0.5, 0.6) is 0 Å². The summed E-state index contributed by atoms with van der Waals surface area (Å²) in [4.78, 5) is 12.1. The lowest BCUT2D eigenvalue weighted by molar-refractivity contribution is -0.127. The molecule has 1 unspecified atom stereocenters. The summed E-state index contributed by atoms with van der Waals surface area (Å²) >= 11 is 0. The Hall–Kier alpha value is -0.320. The number of carbonyl (C=O) groups is 1. The van der Waals surface area contributed by atoms with E-state index in [4.69, 9.17) is 10.5 Å². The largest absolute Gasteiger partial charge is 0.379 e. The number of rotatable bonds is 3. The summed E-state index contributed by atoms with van der Waals surface area (Å²) in [5, 5.41) is 3.11. The summed E-state index contributed by atoms with van der Waals surface area (Å²) in [5.74, 6) is 0.736. The highest BCUT2D eigenvalue weighted by Crippen LogP contribution is 2.31. The fourth-order valence-corrected chi connectivity index (χ4v) is 2.83. The zero-order valence-corrected chi connectivity index (χ0v) is 11.0. The van der Waals surface area contributed by atoms with Gasteiger partial charge < -0.3 is 15.8 Å². The minimum Gasteiger partial charge on any atom is -0.379 e. The topological polar surface area (TPSA) is 64.4 Å². The zero-order valence-electron chi connectivity index (χ0n) is 10.2. The second-order valence-corrected chi connectivity index (χ2v) is 4.96. The molecule has 17 heavy (non-hydrogen) atoms. The van der Waals surface area contributed by atoms with Gasteiger partial charge in [0.05, 0.1) is 12.6 Å². The van der Waals surface area contributed by atoms with Crippen molar-refractivity contribution in [1.82, 2.24) is 5.32 Å². The molecule has 0 spiro atoms. The second kappa shape index (κ2) is 7.19. The normalized spacial score (nSPS) is 32.9. The molecule has 2 rings (SSSR count). The third-order valence-electron chi connectivity index (χ3n) is 3.81. The summed E-state index contributed by atoms with van der Waals surface area (Å²) in [5.41, 5.74) is 5.69. The highest BCUT2D eigenvalue weighted by molar-refractivity contribution is 5.85. The van der Waals surface area contributed by atoms with Crippen LogP contribution in [0, 0.1) is 11.8 Å². The minimum absolute atomic E-state index is 0. The van der Waals surface area contributed by atoms with Crippen LogP contribution in [0.25, 0.3) is 0 Å². The Morgan fingerprint density at radius 2 is 2.12 bits per heavy atom. The number of hydrogen-bond acceptors (Lipinski definition) is 3. The number of carbonyl (C=O) groups excluding carboxylic acids is 1. The van der Waals surface area contributed by atoms with Crippen molar-refractivity contribution in [2.24, 2.45) is 17.6 Å². The summed E-state index contributed by atoms with van der Waals surface area (Å²) in [6.45, 7) is 2.15. The molecule has 3 atom stereocenters. The van der Waals surface area contributed by atoms with E-state index in [1.165, 1.54) is 0 Å². The molecule has 1 aliphatic carbocycles. The third-order valence-corrected chi connectivity index (χ3v) is 3.81. The summed E-state index contributed by atoms with van der Waals surface area (Å²) < 4.78 is 5.36. The van der Waals surface area contributed by atoms with Gasteiger partial charge in [-0.3, -0.25) is 4.79 Å². The molecule has 1 aliphatic heterocycles. The van der Waals surface area contributed by atoms with Crippen LogP contribution in [-0.2, 0) is 9.53 Å². The van der Waals surface area contributed by atoms with Crippen molar-refractivity contribution in [3.8, 4) is 0 Å². The first-order chi connectivity index (χ1) is 7.81. The maximum Gasteiger partial charge on any atom is 0.223 e. The zero-order chi connectivity index (χ0) is 11.4. The van der Waals surface area contributed by atoms with Crippen molar-refractivity contribution < 1.29 is 9.53 Å². The van der Waals surface area contributed by atoms with Gasteiger partial charge in [0.1, 0.15) is 0 Å². The van der Waals surface area contributed by atoms with Crippen molar-refractivity contribution in [2.75, 3.05) is 19.8 Å². The lowest BCUT2D eigenvalue weighted by Crippen LogP contribution is -2.44. The molecule has 0 aromatic rings. The monoisotopic (exact) mass is 262 g/mol. The molecule has 2 aliphatic rings. The van der Waals surface area contributed by atoms with E-state index in [1.807, 2.05) is 0 Å². The van der Waals surface area contributed by atoms with E-state index in [0.717, 1.165) is 38.7 Å². The Bertz CT molecular complexity index is 245. The van der Waals surface area contributed by atoms with Gasteiger partial charge in [0.25, 0.3) is 0 Å². The van der Waals surface area contributed by atoms with Gasteiger partial charge in [0.2, 0.25) is 5.91 Å². The van der Waals surface area contributed by atoms with Gasteiger partial charge in [-0.15, -0.1) is 12.4 Å². The molecule has 1 saturated carbocycles. The number of nitrogens with one attached hydrogen (secondary N) is 1. The molecule has 5 heteroatoms. The van der Waals surface area contributed by atoms with Crippen LogP contribution >= 0.6 is 12.4 Å². The quantitative estimate of drug-likeness (QED) is 0.800. The molecule has 1 amide bonds. The Morgan fingerprint density at radius 3 is 2.76 bits per heavy atom. The molecule has 0 radical (unpaired) electrons. The lowest BCUT2D eigenvalue weighted by atomic mass is 9.95. The smallest absolute Gasteiger partial charge is 0.223 e. The summed E-state index contributed by atoms with van der Waals surface area (Å²) in [6, 6.07) is 0.222. The molecule has 3 N–H and O–H groups in total. The van der Waals surface area contributed by atoms with E-state index in [-0.39, 0.29) is 30.3 Å². The van der Waals surface area contributed by atoms with Gasteiger partial charge in [-0.05, 0) is 38.1 Å². The van der Waals surface area contributed by atoms with Crippen LogP contribution < -0.4 is 11.1 Å². The van der Waals surface area contributed by atoms with Crippen molar-refractivity contribution in [1.29, 1.82) is 0 Å².